The highest BCUT2D eigenvalue weighted by atomic mass is 16.5. The van der Waals surface area contributed by atoms with Crippen molar-refractivity contribution in [2.24, 2.45) is 0 Å². The molecule has 0 rings (SSSR count). The predicted molar refractivity (Wildman–Crippen MR) is 162 cm³/mol. The molecule has 0 heterocycles. The number of hydrogen-bond donors (Lipinski definition) is 1. The summed E-state index contributed by atoms with van der Waals surface area (Å²) in [6, 6.07) is 0. The zero-order valence-electron chi connectivity index (χ0n) is 25.0. The highest BCUT2D eigenvalue weighted by Crippen LogP contribution is 2.18. The van der Waals surface area contributed by atoms with Crippen LogP contribution in [0.5, 0.6) is 0 Å². The second kappa shape index (κ2) is 29.7. The van der Waals surface area contributed by atoms with E-state index in [-0.39, 0.29) is 18.5 Å². The van der Waals surface area contributed by atoms with Gasteiger partial charge in [-0.3, -0.25) is 9.59 Å². The first-order valence-corrected chi connectivity index (χ1v) is 16.0. The van der Waals surface area contributed by atoms with E-state index < -0.39 is 5.97 Å². The first-order chi connectivity index (χ1) is 18.6. The van der Waals surface area contributed by atoms with Crippen LogP contribution in [-0.2, 0) is 14.3 Å². The molecule has 0 aromatic carbocycles. The molecule has 0 bridgehead atoms. The number of carboxylic acids is 1. The third kappa shape index (κ3) is 28.7. The van der Waals surface area contributed by atoms with Crippen molar-refractivity contribution in [3.63, 3.8) is 0 Å². The summed E-state index contributed by atoms with van der Waals surface area (Å²) in [5, 5.41) is 8.75. The Morgan fingerprint density at radius 1 is 0.605 bits per heavy atom. The van der Waals surface area contributed by atoms with Gasteiger partial charge in [-0.1, -0.05) is 115 Å². The van der Waals surface area contributed by atoms with Crippen LogP contribution in [0.15, 0.2) is 36.5 Å². The minimum Gasteiger partial charge on any atom is -0.481 e. The van der Waals surface area contributed by atoms with Gasteiger partial charge in [0.15, 0.2) is 0 Å². The molecule has 0 amide bonds. The SMILES string of the molecule is CC/C=C\C/C=C\C/C=C\CCCCCCCCCC(=O)OC(CCCCCC)CCCCCCC(=O)O. The molecule has 38 heavy (non-hydrogen) atoms. The topological polar surface area (TPSA) is 63.6 Å². The van der Waals surface area contributed by atoms with Gasteiger partial charge in [0.05, 0.1) is 0 Å². The zero-order chi connectivity index (χ0) is 27.9. The van der Waals surface area contributed by atoms with E-state index in [4.69, 9.17) is 9.84 Å². The fourth-order valence-corrected chi connectivity index (χ4v) is 4.55. The number of aliphatic carboxylic acids is 1. The number of allylic oxidation sites excluding steroid dienone is 6. The monoisotopic (exact) mass is 532 g/mol. The summed E-state index contributed by atoms with van der Waals surface area (Å²) in [6.45, 7) is 4.37. The second-order valence-corrected chi connectivity index (χ2v) is 10.6. The Bertz CT molecular complexity index is 620. The van der Waals surface area contributed by atoms with Gasteiger partial charge < -0.3 is 9.84 Å². The van der Waals surface area contributed by atoms with Gasteiger partial charge >= 0.3 is 11.9 Å². The van der Waals surface area contributed by atoms with Gasteiger partial charge in [-0.15, -0.1) is 0 Å². The minimum atomic E-state index is -0.717. The van der Waals surface area contributed by atoms with E-state index in [1.54, 1.807) is 0 Å². The van der Waals surface area contributed by atoms with Crippen LogP contribution in [0.2, 0.25) is 0 Å². The lowest BCUT2D eigenvalue weighted by Gasteiger charge is -2.18. The van der Waals surface area contributed by atoms with Crippen molar-refractivity contribution >= 4 is 11.9 Å². The van der Waals surface area contributed by atoms with E-state index in [1.165, 1.54) is 57.8 Å². The molecule has 1 N–H and O–H groups in total. The number of ether oxygens (including phenoxy) is 1. The molecule has 0 aromatic heterocycles. The summed E-state index contributed by atoms with van der Waals surface area (Å²) in [7, 11) is 0. The molecule has 1 unspecified atom stereocenters. The molecule has 0 aliphatic carbocycles. The second-order valence-electron chi connectivity index (χ2n) is 10.6. The van der Waals surface area contributed by atoms with E-state index in [1.807, 2.05) is 0 Å². The van der Waals surface area contributed by atoms with Crippen molar-refractivity contribution in [1.29, 1.82) is 0 Å². The largest absolute Gasteiger partial charge is 0.481 e. The Morgan fingerprint density at radius 3 is 1.71 bits per heavy atom. The fourth-order valence-electron chi connectivity index (χ4n) is 4.55. The lowest BCUT2D eigenvalue weighted by atomic mass is 10.0. The number of unbranched alkanes of at least 4 members (excludes halogenated alkanes) is 13. The number of hydrogen-bond acceptors (Lipinski definition) is 3. The minimum absolute atomic E-state index is 0.0320. The maximum atomic E-state index is 12.4. The summed E-state index contributed by atoms with van der Waals surface area (Å²) in [5.41, 5.74) is 0. The predicted octanol–water partition coefficient (Wildman–Crippen LogP) is 10.7. The first-order valence-electron chi connectivity index (χ1n) is 16.0. The Morgan fingerprint density at radius 2 is 1.11 bits per heavy atom. The van der Waals surface area contributed by atoms with Gasteiger partial charge in [-0.25, -0.2) is 0 Å². The molecule has 4 nitrogen and oxygen atoms in total. The van der Waals surface area contributed by atoms with Crippen molar-refractivity contribution < 1.29 is 19.4 Å². The Labute approximate surface area is 235 Å². The highest BCUT2D eigenvalue weighted by Gasteiger charge is 2.14. The van der Waals surface area contributed by atoms with Crippen molar-refractivity contribution in [3.8, 4) is 0 Å². The maximum Gasteiger partial charge on any atom is 0.306 e. The number of rotatable bonds is 28. The molecule has 4 heteroatoms. The molecule has 0 spiro atoms. The summed E-state index contributed by atoms with van der Waals surface area (Å²) < 4.78 is 5.86. The molecular formula is C34H60O4. The summed E-state index contributed by atoms with van der Waals surface area (Å²) >= 11 is 0. The van der Waals surface area contributed by atoms with Gasteiger partial charge in [0.25, 0.3) is 0 Å². The molecule has 0 saturated carbocycles. The van der Waals surface area contributed by atoms with Crippen molar-refractivity contribution in [2.45, 2.75) is 168 Å². The molecule has 0 saturated heterocycles. The third-order valence-electron chi connectivity index (χ3n) is 6.88. The van der Waals surface area contributed by atoms with Crippen molar-refractivity contribution in [1.82, 2.24) is 0 Å². The fraction of sp³-hybridized carbons (Fsp3) is 0.765. The van der Waals surface area contributed by atoms with Crippen LogP contribution < -0.4 is 0 Å². The van der Waals surface area contributed by atoms with Gasteiger partial charge in [0, 0.05) is 12.8 Å². The lowest BCUT2D eigenvalue weighted by molar-refractivity contribution is -0.150. The van der Waals surface area contributed by atoms with Gasteiger partial charge in [0.2, 0.25) is 0 Å². The Hall–Kier alpha value is -1.84. The molecule has 0 radical (unpaired) electrons. The number of esters is 1. The summed E-state index contributed by atoms with van der Waals surface area (Å²) in [6.07, 6.45) is 37.4. The molecule has 0 aliphatic rings. The average molecular weight is 533 g/mol. The molecule has 0 fully saturated rings. The van der Waals surface area contributed by atoms with Crippen LogP contribution in [0.4, 0.5) is 0 Å². The van der Waals surface area contributed by atoms with E-state index >= 15 is 0 Å². The third-order valence-corrected chi connectivity index (χ3v) is 6.88. The number of carbonyl (C=O) groups is 2. The standard InChI is InChI=1S/C34H60O4/c1-3-5-7-9-10-11-12-13-14-15-16-17-18-19-20-21-27-31-34(37)38-32(28-24-8-6-4-2)29-25-22-23-26-30-33(35)36/h5,7,10-11,13-14,32H,3-4,6,8-9,12,15-31H2,1-2H3,(H,35,36)/b7-5-,11-10-,14-13-. The number of carbonyl (C=O) groups excluding carboxylic acids is 1. The molecule has 1 atom stereocenters. The normalized spacial score (nSPS) is 12.7. The molecule has 220 valence electrons. The molecular weight excluding hydrogens is 472 g/mol. The maximum absolute atomic E-state index is 12.4. The number of carboxylic acid groups (broad SMARTS) is 1. The van der Waals surface area contributed by atoms with E-state index in [0.29, 0.717) is 6.42 Å². The van der Waals surface area contributed by atoms with Crippen LogP contribution in [0.3, 0.4) is 0 Å². The van der Waals surface area contributed by atoms with Crippen LogP contribution in [-0.4, -0.2) is 23.1 Å². The van der Waals surface area contributed by atoms with E-state index in [9.17, 15) is 9.59 Å². The van der Waals surface area contributed by atoms with E-state index in [0.717, 1.165) is 77.0 Å². The van der Waals surface area contributed by atoms with Crippen LogP contribution in [0.1, 0.15) is 162 Å². The molecule has 0 aliphatic heterocycles. The van der Waals surface area contributed by atoms with Crippen LogP contribution in [0, 0.1) is 0 Å². The Kier molecular flexibility index (Phi) is 28.3. The zero-order valence-corrected chi connectivity index (χ0v) is 25.0. The van der Waals surface area contributed by atoms with Gasteiger partial charge in [-0.05, 0) is 70.6 Å². The van der Waals surface area contributed by atoms with Crippen molar-refractivity contribution in [3.05, 3.63) is 36.5 Å². The molecule has 0 aromatic rings. The van der Waals surface area contributed by atoms with E-state index in [2.05, 4.69) is 50.3 Å². The quantitative estimate of drug-likeness (QED) is 0.0618. The smallest absolute Gasteiger partial charge is 0.306 e. The first kappa shape index (κ1) is 36.2. The van der Waals surface area contributed by atoms with Crippen LogP contribution in [0.25, 0.3) is 0 Å². The Balaban J connectivity index is 3.80. The summed E-state index contributed by atoms with van der Waals surface area (Å²) in [4.78, 5) is 23.0. The van der Waals surface area contributed by atoms with Crippen molar-refractivity contribution in [2.75, 3.05) is 0 Å². The summed E-state index contributed by atoms with van der Waals surface area (Å²) in [5.74, 6) is -0.749. The highest BCUT2D eigenvalue weighted by molar-refractivity contribution is 5.69. The average Bonchev–Trinajstić information content (AvgIpc) is 2.90. The van der Waals surface area contributed by atoms with Gasteiger partial charge in [0.1, 0.15) is 6.10 Å². The van der Waals surface area contributed by atoms with Gasteiger partial charge in [-0.2, -0.15) is 0 Å². The lowest BCUT2D eigenvalue weighted by Crippen LogP contribution is -2.18. The van der Waals surface area contributed by atoms with Crippen LogP contribution >= 0.6 is 0 Å².